The predicted molar refractivity (Wildman–Crippen MR) is 112 cm³/mol. The third-order valence-corrected chi connectivity index (χ3v) is 5.81. The maximum Gasteiger partial charge on any atom is 0.410 e. The molecular formula is C22H34N4O3. The lowest BCUT2D eigenvalue weighted by molar-refractivity contribution is 0.00312. The molecule has 160 valence electrons. The summed E-state index contributed by atoms with van der Waals surface area (Å²) in [6.07, 6.45) is 3.75. The normalized spacial score (nSPS) is 18.8. The molecular weight excluding hydrogens is 368 g/mol. The number of piperidine rings is 1. The summed E-state index contributed by atoms with van der Waals surface area (Å²) < 4.78 is 5.80. The molecule has 7 heteroatoms. The van der Waals surface area contributed by atoms with Gasteiger partial charge in [-0.3, -0.25) is 9.78 Å². The van der Waals surface area contributed by atoms with Gasteiger partial charge in [-0.05, 0) is 45.0 Å². The van der Waals surface area contributed by atoms with Crippen molar-refractivity contribution in [3.8, 4) is 0 Å². The topological polar surface area (TPSA) is 66.0 Å². The van der Waals surface area contributed by atoms with E-state index in [1.807, 2.05) is 28.9 Å². The van der Waals surface area contributed by atoms with Crippen LogP contribution in [-0.2, 0) is 4.74 Å². The lowest BCUT2D eigenvalue weighted by Gasteiger charge is -2.37. The summed E-state index contributed by atoms with van der Waals surface area (Å²) in [6.45, 7) is 10.9. The zero-order valence-electron chi connectivity index (χ0n) is 18.2. The summed E-state index contributed by atoms with van der Waals surface area (Å²) in [5.74, 6) is 0.644. The van der Waals surface area contributed by atoms with E-state index < -0.39 is 5.60 Å². The Labute approximate surface area is 174 Å². The lowest BCUT2D eigenvalue weighted by Crippen LogP contribution is -2.48. The van der Waals surface area contributed by atoms with Crippen molar-refractivity contribution in [3.05, 3.63) is 29.6 Å². The summed E-state index contributed by atoms with van der Waals surface area (Å²) in [7, 11) is 2.13. The van der Waals surface area contributed by atoms with Crippen LogP contribution < -0.4 is 0 Å². The van der Waals surface area contributed by atoms with Gasteiger partial charge in [0.05, 0.1) is 12.1 Å². The fourth-order valence-corrected chi connectivity index (χ4v) is 4.27. The first-order valence-corrected chi connectivity index (χ1v) is 10.7. The van der Waals surface area contributed by atoms with Crippen molar-refractivity contribution in [2.45, 2.75) is 45.6 Å². The monoisotopic (exact) mass is 402 g/mol. The molecule has 2 amide bonds. The standard InChI is InChI=1S/C22H34N4O3/c1-17(2)15-24(4)10-5-11-26-16-22(29-21(26)28)8-12-25(13-9-22)20(27)19-7-6-18(3)23-14-19/h6-7,14,17H,5,8-13,15-16H2,1-4H3. The fourth-order valence-electron chi connectivity index (χ4n) is 4.27. The second-order valence-corrected chi connectivity index (χ2v) is 8.96. The highest BCUT2D eigenvalue weighted by atomic mass is 16.6. The van der Waals surface area contributed by atoms with Crippen molar-refractivity contribution in [1.29, 1.82) is 0 Å². The zero-order valence-corrected chi connectivity index (χ0v) is 18.2. The smallest absolute Gasteiger partial charge is 0.410 e. The summed E-state index contributed by atoms with van der Waals surface area (Å²) in [6, 6.07) is 3.68. The maximum absolute atomic E-state index is 12.7. The minimum absolute atomic E-state index is 0.00159. The Hall–Kier alpha value is -2.15. The number of nitrogens with zero attached hydrogens (tertiary/aromatic N) is 4. The van der Waals surface area contributed by atoms with Gasteiger partial charge in [-0.25, -0.2) is 4.79 Å². The molecule has 0 unspecified atom stereocenters. The average molecular weight is 403 g/mol. The van der Waals surface area contributed by atoms with Crippen LogP contribution in [0.5, 0.6) is 0 Å². The van der Waals surface area contributed by atoms with Crippen LogP contribution in [0.25, 0.3) is 0 Å². The molecule has 3 heterocycles. The Morgan fingerprint density at radius 2 is 2.03 bits per heavy atom. The van der Waals surface area contributed by atoms with E-state index in [-0.39, 0.29) is 12.0 Å². The molecule has 29 heavy (non-hydrogen) atoms. The van der Waals surface area contributed by atoms with Crippen LogP contribution >= 0.6 is 0 Å². The molecule has 7 nitrogen and oxygen atoms in total. The second kappa shape index (κ2) is 9.11. The molecule has 2 saturated heterocycles. The molecule has 2 aliphatic heterocycles. The van der Waals surface area contributed by atoms with E-state index in [2.05, 4.69) is 30.8 Å². The highest BCUT2D eigenvalue weighted by molar-refractivity contribution is 5.94. The maximum atomic E-state index is 12.7. The number of pyridine rings is 1. The van der Waals surface area contributed by atoms with Crippen LogP contribution in [0.2, 0.25) is 0 Å². The van der Waals surface area contributed by atoms with Gasteiger partial charge >= 0.3 is 6.09 Å². The predicted octanol–water partition coefficient (Wildman–Crippen LogP) is 2.79. The first kappa shape index (κ1) is 21.6. The molecule has 0 bridgehead atoms. The molecule has 2 fully saturated rings. The molecule has 1 aromatic heterocycles. The van der Waals surface area contributed by atoms with Crippen molar-refractivity contribution in [3.63, 3.8) is 0 Å². The van der Waals surface area contributed by atoms with Gasteiger partial charge in [-0.15, -0.1) is 0 Å². The molecule has 0 saturated carbocycles. The van der Waals surface area contributed by atoms with Gasteiger partial charge in [0.15, 0.2) is 0 Å². The van der Waals surface area contributed by atoms with E-state index >= 15 is 0 Å². The third-order valence-electron chi connectivity index (χ3n) is 5.81. The number of ether oxygens (including phenoxy) is 1. The van der Waals surface area contributed by atoms with E-state index in [0.717, 1.165) is 31.7 Å². The Morgan fingerprint density at radius 1 is 1.31 bits per heavy atom. The number of likely N-dealkylation sites (tertiary alicyclic amines) is 1. The van der Waals surface area contributed by atoms with Crippen LogP contribution in [0.4, 0.5) is 4.79 Å². The van der Waals surface area contributed by atoms with Crippen molar-refractivity contribution in [2.24, 2.45) is 5.92 Å². The van der Waals surface area contributed by atoms with E-state index in [0.29, 0.717) is 44.0 Å². The third kappa shape index (κ3) is 5.47. The van der Waals surface area contributed by atoms with Crippen LogP contribution in [0, 0.1) is 12.8 Å². The fraction of sp³-hybridized carbons (Fsp3) is 0.682. The molecule has 0 radical (unpaired) electrons. The second-order valence-electron chi connectivity index (χ2n) is 8.96. The number of carbonyl (C=O) groups is 2. The zero-order chi connectivity index (χ0) is 21.0. The van der Waals surface area contributed by atoms with Gasteiger partial charge < -0.3 is 19.4 Å². The largest absolute Gasteiger partial charge is 0.441 e. The summed E-state index contributed by atoms with van der Waals surface area (Å²) >= 11 is 0. The lowest BCUT2D eigenvalue weighted by atomic mass is 9.91. The Balaban J connectivity index is 1.47. The molecule has 3 rings (SSSR count). The highest BCUT2D eigenvalue weighted by Crippen LogP contribution is 2.33. The summed E-state index contributed by atoms with van der Waals surface area (Å²) in [4.78, 5) is 35.3. The quantitative estimate of drug-likeness (QED) is 0.702. The van der Waals surface area contributed by atoms with Crippen LogP contribution in [0.3, 0.4) is 0 Å². The van der Waals surface area contributed by atoms with Crippen LogP contribution in [-0.4, -0.2) is 83.6 Å². The summed E-state index contributed by atoms with van der Waals surface area (Å²) in [5.41, 5.74) is 1.07. The highest BCUT2D eigenvalue weighted by Gasteiger charge is 2.47. The van der Waals surface area contributed by atoms with Gasteiger partial charge in [0.25, 0.3) is 5.91 Å². The minimum atomic E-state index is -0.441. The van der Waals surface area contributed by atoms with Gasteiger partial charge in [-0.2, -0.15) is 0 Å². The van der Waals surface area contributed by atoms with E-state index in [9.17, 15) is 9.59 Å². The molecule has 2 aliphatic rings. The van der Waals surface area contributed by atoms with E-state index in [4.69, 9.17) is 4.74 Å². The number of carbonyl (C=O) groups excluding carboxylic acids is 2. The number of rotatable bonds is 7. The Morgan fingerprint density at radius 3 is 2.66 bits per heavy atom. The van der Waals surface area contributed by atoms with Gasteiger partial charge in [0.2, 0.25) is 0 Å². The van der Waals surface area contributed by atoms with Gasteiger partial charge in [0, 0.05) is 50.9 Å². The molecule has 1 aromatic rings. The molecule has 0 atom stereocenters. The summed E-state index contributed by atoms with van der Waals surface area (Å²) in [5, 5.41) is 0. The Kier molecular flexibility index (Phi) is 6.77. The molecule has 0 N–H and O–H groups in total. The van der Waals surface area contributed by atoms with Crippen LogP contribution in [0.1, 0.15) is 49.2 Å². The van der Waals surface area contributed by atoms with Crippen LogP contribution in [0.15, 0.2) is 18.3 Å². The molecule has 0 aromatic carbocycles. The van der Waals surface area contributed by atoms with Crippen molar-refractivity contribution in [1.82, 2.24) is 19.7 Å². The number of hydrogen-bond acceptors (Lipinski definition) is 5. The van der Waals surface area contributed by atoms with Crippen molar-refractivity contribution >= 4 is 12.0 Å². The molecule has 1 spiro atoms. The van der Waals surface area contributed by atoms with Crippen molar-refractivity contribution < 1.29 is 14.3 Å². The molecule has 0 aliphatic carbocycles. The Bertz CT molecular complexity index is 711. The van der Waals surface area contributed by atoms with Gasteiger partial charge in [-0.1, -0.05) is 13.8 Å². The van der Waals surface area contributed by atoms with Crippen molar-refractivity contribution in [2.75, 3.05) is 46.3 Å². The minimum Gasteiger partial charge on any atom is -0.441 e. The number of aromatic nitrogens is 1. The first-order chi connectivity index (χ1) is 13.8. The van der Waals surface area contributed by atoms with Gasteiger partial charge in [0.1, 0.15) is 5.60 Å². The number of aryl methyl sites for hydroxylation is 1. The number of amides is 2. The first-order valence-electron chi connectivity index (χ1n) is 10.7. The van der Waals surface area contributed by atoms with E-state index in [1.165, 1.54) is 0 Å². The average Bonchev–Trinajstić information content (AvgIpc) is 2.97. The van der Waals surface area contributed by atoms with E-state index in [1.54, 1.807) is 6.20 Å². The SMILES string of the molecule is Cc1ccc(C(=O)N2CCC3(CC2)CN(CCCN(C)CC(C)C)C(=O)O3)cn1. The number of hydrogen-bond donors (Lipinski definition) is 0.